The Morgan fingerprint density at radius 2 is 2.11 bits per heavy atom. The fourth-order valence-electron chi connectivity index (χ4n) is 3.60. The molecule has 4 rings (SSSR count). The zero-order chi connectivity index (χ0) is 19.8. The molecule has 1 aromatic carbocycles. The molecule has 7 heteroatoms. The smallest absolute Gasteiger partial charge is 0.262 e. The number of benzene rings is 1. The fourth-order valence-corrected chi connectivity index (χ4v) is 5.82. The number of aryl methyl sites for hydroxylation is 3. The van der Waals surface area contributed by atoms with E-state index in [1.807, 2.05) is 25.2 Å². The highest BCUT2D eigenvalue weighted by Crippen LogP contribution is 2.35. The average Bonchev–Trinajstić information content (AvgIpc) is 3.25. The largest absolute Gasteiger partial charge is 0.341 e. The van der Waals surface area contributed by atoms with Crippen molar-refractivity contribution in [1.29, 1.82) is 0 Å². The summed E-state index contributed by atoms with van der Waals surface area (Å²) in [5.41, 5.74) is 3.52. The van der Waals surface area contributed by atoms with Crippen LogP contribution in [0.1, 0.15) is 28.0 Å². The van der Waals surface area contributed by atoms with Crippen LogP contribution in [-0.2, 0) is 31.2 Å². The van der Waals surface area contributed by atoms with Crippen molar-refractivity contribution in [1.82, 2.24) is 14.5 Å². The van der Waals surface area contributed by atoms with E-state index in [0.717, 1.165) is 35.0 Å². The van der Waals surface area contributed by atoms with E-state index in [1.54, 1.807) is 27.9 Å². The lowest BCUT2D eigenvalue weighted by molar-refractivity contribution is -0.127. The molecule has 2 heterocycles. The van der Waals surface area contributed by atoms with Crippen molar-refractivity contribution >= 4 is 39.2 Å². The van der Waals surface area contributed by atoms with Gasteiger partial charge in [-0.25, -0.2) is 4.98 Å². The number of carbonyl (C=O) groups excluding carboxylic acids is 1. The second-order valence-electron chi connectivity index (χ2n) is 7.26. The van der Waals surface area contributed by atoms with E-state index in [4.69, 9.17) is 4.98 Å². The molecule has 0 saturated heterocycles. The van der Waals surface area contributed by atoms with Crippen LogP contribution in [0.4, 0.5) is 0 Å². The van der Waals surface area contributed by atoms with Gasteiger partial charge in [-0.3, -0.25) is 14.2 Å². The lowest BCUT2D eigenvalue weighted by Crippen LogP contribution is -2.28. The number of thiophene rings is 1. The zero-order valence-electron chi connectivity index (χ0n) is 16.3. The first-order chi connectivity index (χ1) is 13.5. The minimum absolute atomic E-state index is 0.00705. The molecule has 0 fully saturated rings. The van der Waals surface area contributed by atoms with Crippen molar-refractivity contribution in [2.45, 2.75) is 37.9 Å². The highest BCUT2D eigenvalue weighted by Gasteiger charge is 2.23. The molecule has 0 spiro atoms. The molecule has 1 amide bonds. The van der Waals surface area contributed by atoms with Gasteiger partial charge in [-0.2, -0.15) is 0 Å². The minimum atomic E-state index is 0.00705. The van der Waals surface area contributed by atoms with Crippen molar-refractivity contribution in [3.8, 4) is 0 Å². The molecule has 0 aliphatic heterocycles. The first kappa shape index (κ1) is 19.2. The van der Waals surface area contributed by atoms with Crippen LogP contribution in [0.25, 0.3) is 10.2 Å². The summed E-state index contributed by atoms with van der Waals surface area (Å²) in [6, 6.07) is 8.08. The summed E-state index contributed by atoms with van der Waals surface area (Å²) in [6.07, 6.45) is 3.14. The van der Waals surface area contributed by atoms with E-state index in [2.05, 4.69) is 13.0 Å². The molecule has 0 unspecified atom stereocenters. The maximum atomic E-state index is 12.8. The van der Waals surface area contributed by atoms with Crippen LogP contribution in [0, 0.1) is 6.92 Å². The Bertz CT molecular complexity index is 1120. The van der Waals surface area contributed by atoms with Gasteiger partial charge in [0.2, 0.25) is 5.91 Å². The van der Waals surface area contributed by atoms with Crippen LogP contribution in [0.5, 0.6) is 0 Å². The van der Waals surface area contributed by atoms with E-state index in [0.29, 0.717) is 11.7 Å². The third-order valence-corrected chi connectivity index (χ3v) is 7.52. The molecule has 146 valence electrons. The van der Waals surface area contributed by atoms with Gasteiger partial charge in [0.25, 0.3) is 5.56 Å². The van der Waals surface area contributed by atoms with Gasteiger partial charge in [0.1, 0.15) is 4.83 Å². The van der Waals surface area contributed by atoms with Gasteiger partial charge in [0, 0.05) is 25.5 Å². The van der Waals surface area contributed by atoms with E-state index < -0.39 is 0 Å². The van der Waals surface area contributed by atoms with Gasteiger partial charge in [-0.15, -0.1) is 11.3 Å². The molecule has 5 nitrogen and oxygen atoms in total. The number of aromatic nitrogens is 2. The Labute approximate surface area is 172 Å². The molecule has 2 aromatic heterocycles. The summed E-state index contributed by atoms with van der Waals surface area (Å²) < 4.78 is 1.59. The highest BCUT2D eigenvalue weighted by molar-refractivity contribution is 7.99. The monoisotopic (exact) mass is 413 g/mol. The number of rotatable bonds is 5. The lowest BCUT2D eigenvalue weighted by Gasteiger charge is -2.18. The van der Waals surface area contributed by atoms with Gasteiger partial charge in [-0.1, -0.05) is 36.0 Å². The SMILES string of the molecule is Cc1ccccc1CN(C)C(=O)CSc1nc2sc3c(c2c(=O)n1C)CCC3. The lowest BCUT2D eigenvalue weighted by atomic mass is 10.1. The van der Waals surface area contributed by atoms with E-state index in [-0.39, 0.29) is 17.2 Å². The third-order valence-electron chi connectivity index (χ3n) is 5.32. The zero-order valence-corrected chi connectivity index (χ0v) is 18.0. The van der Waals surface area contributed by atoms with Gasteiger partial charge in [0.15, 0.2) is 5.16 Å². The second kappa shape index (κ2) is 7.72. The number of carbonyl (C=O) groups is 1. The van der Waals surface area contributed by atoms with Crippen molar-refractivity contribution in [3.05, 3.63) is 56.2 Å². The van der Waals surface area contributed by atoms with Gasteiger partial charge >= 0.3 is 0 Å². The van der Waals surface area contributed by atoms with E-state index in [1.165, 1.54) is 27.8 Å². The summed E-state index contributed by atoms with van der Waals surface area (Å²) in [6.45, 7) is 2.63. The van der Waals surface area contributed by atoms with Crippen LogP contribution in [-0.4, -0.2) is 33.2 Å². The third kappa shape index (κ3) is 3.49. The number of thioether (sulfide) groups is 1. The molecular formula is C21H23N3O2S2. The Kier molecular flexibility index (Phi) is 5.29. The van der Waals surface area contributed by atoms with Crippen molar-refractivity contribution in [2.24, 2.45) is 7.05 Å². The first-order valence-corrected chi connectivity index (χ1v) is 11.2. The van der Waals surface area contributed by atoms with Crippen LogP contribution >= 0.6 is 23.1 Å². The number of fused-ring (bicyclic) bond motifs is 3. The Hall–Kier alpha value is -2.12. The topological polar surface area (TPSA) is 55.2 Å². The minimum Gasteiger partial charge on any atom is -0.341 e. The Balaban J connectivity index is 1.49. The predicted molar refractivity (Wildman–Crippen MR) is 115 cm³/mol. The molecular weight excluding hydrogens is 390 g/mol. The van der Waals surface area contributed by atoms with Crippen LogP contribution < -0.4 is 5.56 Å². The summed E-state index contributed by atoms with van der Waals surface area (Å²) in [5, 5.41) is 1.39. The standard InChI is InChI=1S/C21H23N3O2S2/c1-13-7-4-5-8-14(13)11-23(2)17(25)12-27-21-22-19-18(20(26)24(21)3)15-9-6-10-16(15)28-19/h4-5,7-8H,6,9-12H2,1-3H3. The maximum Gasteiger partial charge on any atom is 0.262 e. The van der Waals surface area contributed by atoms with Crippen molar-refractivity contribution < 1.29 is 4.79 Å². The molecule has 0 radical (unpaired) electrons. The van der Waals surface area contributed by atoms with Crippen LogP contribution in [0.15, 0.2) is 34.2 Å². The number of nitrogens with zero attached hydrogens (tertiary/aromatic N) is 3. The predicted octanol–water partition coefficient (Wildman–Crippen LogP) is 3.54. The molecule has 1 aliphatic carbocycles. The van der Waals surface area contributed by atoms with Crippen molar-refractivity contribution in [3.63, 3.8) is 0 Å². The summed E-state index contributed by atoms with van der Waals surface area (Å²) in [4.78, 5) is 34.0. The number of hydrogen-bond acceptors (Lipinski definition) is 5. The molecule has 0 saturated carbocycles. The Morgan fingerprint density at radius 1 is 1.32 bits per heavy atom. The molecule has 28 heavy (non-hydrogen) atoms. The number of hydrogen-bond donors (Lipinski definition) is 0. The fraction of sp³-hybridized carbons (Fsp3) is 0.381. The first-order valence-electron chi connectivity index (χ1n) is 9.38. The van der Waals surface area contributed by atoms with Crippen LogP contribution in [0.2, 0.25) is 0 Å². The van der Waals surface area contributed by atoms with Crippen molar-refractivity contribution in [2.75, 3.05) is 12.8 Å². The average molecular weight is 414 g/mol. The number of amides is 1. The molecule has 0 atom stereocenters. The normalized spacial score (nSPS) is 13.1. The molecule has 1 aliphatic rings. The summed E-state index contributed by atoms with van der Waals surface area (Å²) in [7, 11) is 3.56. The molecule has 0 N–H and O–H groups in total. The second-order valence-corrected chi connectivity index (χ2v) is 9.29. The Morgan fingerprint density at radius 3 is 2.89 bits per heavy atom. The van der Waals surface area contributed by atoms with Gasteiger partial charge < -0.3 is 4.90 Å². The highest BCUT2D eigenvalue weighted by atomic mass is 32.2. The maximum absolute atomic E-state index is 12.8. The van der Waals surface area contributed by atoms with E-state index >= 15 is 0 Å². The molecule has 3 aromatic rings. The van der Waals surface area contributed by atoms with Gasteiger partial charge in [-0.05, 0) is 42.9 Å². The van der Waals surface area contributed by atoms with E-state index in [9.17, 15) is 9.59 Å². The quantitative estimate of drug-likeness (QED) is 0.474. The molecule has 0 bridgehead atoms. The van der Waals surface area contributed by atoms with Gasteiger partial charge in [0.05, 0.1) is 11.1 Å². The van der Waals surface area contributed by atoms with Crippen LogP contribution in [0.3, 0.4) is 0 Å². The summed E-state index contributed by atoms with van der Waals surface area (Å²) >= 11 is 2.97. The summed E-state index contributed by atoms with van der Waals surface area (Å²) in [5.74, 6) is 0.287.